The van der Waals surface area contributed by atoms with Crippen LogP contribution < -0.4 is 10.1 Å². The largest absolute Gasteiger partial charge is 0.481 e. The molecular weight excluding hydrogens is 790 g/mol. The number of aliphatic carboxylic acids is 4. The number of nitrogens with zero attached hydrogens (tertiary/aromatic N) is 4. The van der Waals surface area contributed by atoms with Gasteiger partial charge in [0.15, 0.2) is 11.6 Å². The number of carbonyl (C=O) groups excluding carboxylic acids is 2. The molecule has 0 aromatic heterocycles. The molecule has 0 bridgehead atoms. The molecule has 1 aromatic carbocycles. The van der Waals surface area contributed by atoms with Crippen molar-refractivity contribution in [2.75, 3.05) is 118 Å². The van der Waals surface area contributed by atoms with Crippen molar-refractivity contribution < 1.29 is 85.7 Å². The molecule has 1 heterocycles. The monoisotopic (exact) mass is 841 g/mol. The molecule has 5 N–H and O–H groups in total. The molecule has 0 spiro atoms. The Morgan fingerprint density at radius 3 is 1.62 bits per heavy atom. The normalized spacial score (nSPS) is 15.9. The lowest BCUT2D eigenvalue weighted by Gasteiger charge is -2.35. The zero-order chi connectivity index (χ0) is 43.0. The third kappa shape index (κ3) is 20.3. The van der Waals surface area contributed by atoms with E-state index < -0.39 is 77.2 Å². The summed E-state index contributed by atoms with van der Waals surface area (Å²) in [5.41, 5.74) is 0. The second-order valence-electron chi connectivity index (χ2n) is 13.0. The summed E-state index contributed by atoms with van der Waals surface area (Å²) < 4.78 is 73.9. The Kier molecular flexibility index (Phi) is 23.3. The summed E-state index contributed by atoms with van der Waals surface area (Å²) in [4.78, 5) is 77.7. The molecule has 2 rings (SSSR count). The van der Waals surface area contributed by atoms with Crippen LogP contribution in [-0.2, 0) is 43.0 Å². The first kappa shape index (κ1) is 49.6. The lowest BCUT2D eigenvalue weighted by atomic mass is 10.1. The highest BCUT2D eigenvalue weighted by atomic mass is 19.2. The van der Waals surface area contributed by atoms with Crippen LogP contribution in [0.3, 0.4) is 0 Å². The zero-order valence-corrected chi connectivity index (χ0v) is 31.9. The summed E-state index contributed by atoms with van der Waals surface area (Å²) >= 11 is 0. The van der Waals surface area contributed by atoms with Gasteiger partial charge in [-0.2, -0.15) is 8.78 Å². The van der Waals surface area contributed by atoms with Crippen molar-refractivity contribution in [3.05, 3.63) is 29.3 Å². The van der Waals surface area contributed by atoms with E-state index in [9.17, 15) is 66.8 Å². The van der Waals surface area contributed by atoms with Gasteiger partial charge in [-0.1, -0.05) is 0 Å². The summed E-state index contributed by atoms with van der Waals surface area (Å²) in [6, 6.07) is -1.15. The van der Waals surface area contributed by atoms with Crippen molar-refractivity contribution in [1.82, 2.24) is 24.9 Å². The molecule has 19 nitrogen and oxygen atoms in total. The number of halogens is 4. The molecule has 328 valence electrons. The third-order valence-corrected chi connectivity index (χ3v) is 8.65. The van der Waals surface area contributed by atoms with Gasteiger partial charge in [0.1, 0.15) is 6.04 Å². The van der Waals surface area contributed by atoms with Crippen LogP contribution in [0.5, 0.6) is 5.75 Å². The third-order valence-electron chi connectivity index (χ3n) is 8.65. The van der Waals surface area contributed by atoms with Crippen molar-refractivity contribution in [3.63, 3.8) is 0 Å². The maximum atomic E-state index is 13.6. The number of benzene rings is 1. The SMILES string of the molecule is O=C(O)CCN1CCN(CC(=O)O)CCN(CC(=O)O)CCN([C@H](CCC(=O)NCCOCCOCCOCCC(=O)Oc2c(F)c(F)cc(F)c2F)C(=O)O)CC1. The number of esters is 1. The van der Waals surface area contributed by atoms with Crippen LogP contribution >= 0.6 is 0 Å². The summed E-state index contributed by atoms with van der Waals surface area (Å²) in [6.07, 6.45) is -0.895. The van der Waals surface area contributed by atoms with Crippen LogP contribution in [0.4, 0.5) is 17.6 Å². The van der Waals surface area contributed by atoms with Crippen LogP contribution in [0, 0.1) is 23.3 Å². The topological polar surface area (TPSA) is 245 Å². The lowest BCUT2D eigenvalue weighted by molar-refractivity contribution is -0.144. The van der Waals surface area contributed by atoms with Gasteiger partial charge in [-0.25, -0.2) is 8.78 Å². The van der Waals surface area contributed by atoms with Crippen molar-refractivity contribution in [2.45, 2.75) is 31.7 Å². The van der Waals surface area contributed by atoms with Gasteiger partial charge in [-0.3, -0.25) is 43.5 Å². The van der Waals surface area contributed by atoms with Crippen molar-refractivity contribution >= 4 is 35.8 Å². The van der Waals surface area contributed by atoms with E-state index in [2.05, 4.69) is 10.1 Å². The number of hydrogen-bond acceptors (Lipinski definition) is 14. The van der Waals surface area contributed by atoms with Crippen LogP contribution in [-0.4, -0.2) is 200 Å². The maximum Gasteiger partial charge on any atom is 0.320 e. The smallest absolute Gasteiger partial charge is 0.320 e. The summed E-state index contributed by atoms with van der Waals surface area (Å²) in [5, 5.41) is 40.8. The van der Waals surface area contributed by atoms with Crippen molar-refractivity contribution in [1.29, 1.82) is 0 Å². The number of nitrogens with one attached hydrogen (secondary N) is 1. The number of carboxylic acid groups (broad SMARTS) is 4. The highest BCUT2D eigenvalue weighted by Gasteiger charge is 2.28. The van der Waals surface area contributed by atoms with E-state index in [4.69, 9.17) is 14.2 Å². The Morgan fingerprint density at radius 2 is 1.10 bits per heavy atom. The predicted octanol–water partition coefficient (Wildman–Crippen LogP) is -0.197. The molecule has 0 saturated carbocycles. The van der Waals surface area contributed by atoms with E-state index in [1.807, 2.05) is 0 Å². The molecule has 0 aliphatic carbocycles. The first-order valence-electron chi connectivity index (χ1n) is 18.4. The molecule has 1 amide bonds. The Bertz CT molecular complexity index is 1490. The molecule has 1 atom stereocenters. The Balaban J connectivity index is 1.74. The van der Waals surface area contributed by atoms with Gasteiger partial charge in [0.25, 0.3) is 0 Å². The zero-order valence-electron chi connectivity index (χ0n) is 31.9. The highest BCUT2D eigenvalue weighted by molar-refractivity contribution is 5.78. The van der Waals surface area contributed by atoms with Crippen LogP contribution in [0.2, 0.25) is 0 Å². The van der Waals surface area contributed by atoms with Crippen LogP contribution in [0.15, 0.2) is 6.07 Å². The number of ether oxygens (including phenoxy) is 4. The Hall–Kier alpha value is -4.52. The lowest BCUT2D eigenvalue weighted by Crippen LogP contribution is -2.51. The van der Waals surface area contributed by atoms with Gasteiger partial charge < -0.3 is 49.6 Å². The molecule has 1 aromatic rings. The summed E-state index contributed by atoms with van der Waals surface area (Å²) in [5.74, 6) is -14.6. The molecule has 0 radical (unpaired) electrons. The minimum Gasteiger partial charge on any atom is -0.481 e. The van der Waals surface area contributed by atoms with Gasteiger partial charge in [0.05, 0.1) is 65.6 Å². The fourth-order valence-electron chi connectivity index (χ4n) is 5.62. The van der Waals surface area contributed by atoms with E-state index >= 15 is 0 Å². The van der Waals surface area contributed by atoms with E-state index in [1.165, 1.54) is 0 Å². The molecule has 1 saturated heterocycles. The second-order valence-corrected chi connectivity index (χ2v) is 13.0. The van der Waals surface area contributed by atoms with Crippen LogP contribution in [0.1, 0.15) is 25.7 Å². The van der Waals surface area contributed by atoms with E-state index in [1.54, 1.807) is 19.6 Å². The first-order chi connectivity index (χ1) is 27.6. The van der Waals surface area contributed by atoms with Crippen molar-refractivity contribution in [3.8, 4) is 5.75 Å². The predicted molar refractivity (Wildman–Crippen MR) is 191 cm³/mol. The first-order valence-corrected chi connectivity index (χ1v) is 18.4. The minimum atomic E-state index is -1.84. The number of amides is 1. The van der Waals surface area contributed by atoms with E-state index in [0.717, 1.165) is 0 Å². The highest BCUT2D eigenvalue weighted by Crippen LogP contribution is 2.26. The number of hydrogen-bond donors (Lipinski definition) is 5. The molecule has 58 heavy (non-hydrogen) atoms. The van der Waals surface area contributed by atoms with E-state index in [0.29, 0.717) is 0 Å². The molecule has 23 heteroatoms. The molecular formula is C35H51F4N5O14. The Labute approximate surface area is 331 Å². The quantitative estimate of drug-likeness (QED) is 0.0281. The summed E-state index contributed by atoms with van der Waals surface area (Å²) in [6.45, 7) is 1.43. The van der Waals surface area contributed by atoms with E-state index in [-0.39, 0.29) is 144 Å². The van der Waals surface area contributed by atoms with Gasteiger partial charge in [-0.15, -0.1) is 0 Å². The Morgan fingerprint density at radius 1 is 0.621 bits per heavy atom. The van der Waals surface area contributed by atoms with Crippen LogP contribution in [0.25, 0.3) is 0 Å². The number of carbonyl (C=O) groups is 6. The molecule has 1 aliphatic rings. The van der Waals surface area contributed by atoms with Gasteiger partial charge in [0, 0.05) is 77.9 Å². The average molecular weight is 842 g/mol. The fourth-order valence-corrected chi connectivity index (χ4v) is 5.62. The standard InChI is InChI=1S/C35H51F4N5O14/c36-24-21-25(37)33(39)34(32(24)38)58-31(52)4-15-55-17-19-57-20-18-56-16-5-40-27(45)2-1-26(35(53)54)44-13-11-41(6-3-28(46)47)7-8-42(22-29(48)49)9-10-43(12-14-44)23-30(50)51/h21,26H,1-20,22-23H2,(H,40,45)(H,46,47)(H,48,49)(H,50,51)(H,53,54)/t26-/m1/s1. The number of carboxylic acids is 4. The fraction of sp³-hybridized carbons (Fsp3) is 0.657. The average Bonchev–Trinajstić information content (AvgIpc) is 3.14. The van der Waals surface area contributed by atoms with Gasteiger partial charge in [0.2, 0.25) is 23.3 Å². The molecule has 0 unspecified atom stereocenters. The molecule has 1 fully saturated rings. The molecule has 1 aliphatic heterocycles. The second kappa shape index (κ2) is 27.2. The summed E-state index contributed by atoms with van der Waals surface area (Å²) in [7, 11) is 0. The minimum absolute atomic E-state index is 0.0179. The maximum absolute atomic E-state index is 13.6. The van der Waals surface area contributed by atoms with Gasteiger partial charge in [-0.05, 0) is 6.42 Å². The van der Waals surface area contributed by atoms with Gasteiger partial charge >= 0.3 is 29.8 Å². The van der Waals surface area contributed by atoms with Crippen molar-refractivity contribution in [2.24, 2.45) is 0 Å². The number of rotatable bonds is 25.